The molecule has 0 bridgehead atoms. The van der Waals surface area contributed by atoms with Crippen molar-refractivity contribution in [3.05, 3.63) is 24.0 Å². The Morgan fingerprint density at radius 3 is 2.58 bits per heavy atom. The average Bonchev–Trinajstić information content (AvgIpc) is 2.35. The van der Waals surface area contributed by atoms with Gasteiger partial charge >= 0.3 is 5.97 Å². The van der Waals surface area contributed by atoms with Gasteiger partial charge in [-0.15, -0.1) is 0 Å². The van der Waals surface area contributed by atoms with Crippen LogP contribution in [-0.2, 0) is 9.53 Å². The van der Waals surface area contributed by atoms with Crippen molar-refractivity contribution in [2.24, 2.45) is 0 Å². The number of aliphatic hydroxyl groups excluding tert-OH is 2. The summed E-state index contributed by atoms with van der Waals surface area (Å²) in [6.45, 7) is 1.45. The highest BCUT2D eigenvalue weighted by atomic mass is 16.5. The zero-order chi connectivity index (χ0) is 9.14. The van der Waals surface area contributed by atoms with Gasteiger partial charge in [0.15, 0.2) is 0 Å². The maximum atomic E-state index is 10.5. The molecule has 4 heteroatoms. The first-order valence-electron chi connectivity index (χ1n) is 3.57. The Hall–Kier alpha value is -1.13. The first-order valence-corrected chi connectivity index (χ1v) is 3.57. The minimum atomic E-state index is -1.00. The molecule has 0 spiro atoms. The van der Waals surface area contributed by atoms with E-state index < -0.39 is 18.2 Å². The summed E-state index contributed by atoms with van der Waals surface area (Å²) in [5.41, 5.74) is 0. The molecule has 2 unspecified atom stereocenters. The number of hydrogen-bond donors (Lipinski definition) is 2. The third kappa shape index (κ3) is 2.18. The topological polar surface area (TPSA) is 66.8 Å². The van der Waals surface area contributed by atoms with Crippen molar-refractivity contribution in [3.8, 4) is 0 Å². The Morgan fingerprint density at radius 2 is 2.17 bits per heavy atom. The van der Waals surface area contributed by atoms with Gasteiger partial charge in [-0.2, -0.15) is 0 Å². The highest BCUT2D eigenvalue weighted by Crippen LogP contribution is 2.10. The minimum absolute atomic E-state index is 0.272. The Bertz CT molecular complexity index is 239. The summed E-state index contributed by atoms with van der Waals surface area (Å²) in [5, 5.41) is 18.0. The molecule has 0 fully saturated rings. The van der Waals surface area contributed by atoms with Gasteiger partial charge in [0.1, 0.15) is 11.9 Å². The van der Waals surface area contributed by atoms with Gasteiger partial charge in [-0.3, -0.25) is 0 Å². The molecule has 1 aliphatic heterocycles. The summed E-state index contributed by atoms with van der Waals surface area (Å²) < 4.78 is 4.62. The fourth-order valence-electron chi connectivity index (χ4n) is 0.732. The van der Waals surface area contributed by atoms with Gasteiger partial charge in [0.05, 0.1) is 6.10 Å². The van der Waals surface area contributed by atoms with Gasteiger partial charge < -0.3 is 14.9 Å². The summed E-state index contributed by atoms with van der Waals surface area (Å²) in [6, 6.07) is 0. The van der Waals surface area contributed by atoms with Crippen molar-refractivity contribution in [2.75, 3.05) is 0 Å². The van der Waals surface area contributed by atoms with Crippen molar-refractivity contribution in [1.82, 2.24) is 0 Å². The lowest BCUT2D eigenvalue weighted by molar-refractivity contribution is -0.132. The lowest BCUT2D eigenvalue weighted by Gasteiger charge is -2.08. The fourth-order valence-corrected chi connectivity index (χ4v) is 0.732. The van der Waals surface area contributed by atoms with E-state index in [1.165, 1.54) is 25.2 Å². The standard InChI is InChI=1S/C8H10O4/c1-5(9)7(10)4-6-2-3-8(11)12-6/h2-5,7,9-10H,1H3. The molecule has 0 amide bonds. The molecule has 2 atom stereocenters. The molecule has 1 heterocycles. The number of esters is 1. The van der Waals surface area contributed by atoms with E-state index in [2.05, 4.69) is 4.74 Å². The summed E-state index contributed by atoms with van der Waals surface area (Å²) >= 11 is 0. The van der Waals surface area contributed by atoms with E-state index in [9.17, 15) is 4.79 Å². The van der Waals surface area contributed by atoms with Gasteiger partial charge in [0.2, 0.25) is 0 Å². The Kier molecular flexibility index (Phi) is 2.62. The molecule has 0 aliphatic carbocycles. The summed E-state index contributed by atoms with van der Waals surface area (Å²) in [5.74, 6) is -0.188. The van der Waals surface area contributed by atoms with Gasteiger partial charge in [-0.05, 0) is 19.1 Å². The number of cyclic esters (lactones) is 1. The summed E-state index contributed by atoms with van der Waals surface area (Å²) in [4.78, 5) is 10.5. The maximum Gasteiger partial charge on any atom is 0.336 e. The Morgan fingerprint density at radius 1 is 1.50 bits per heavy atom. The van der Waals surface area contributed by atoms with Gasteiger partial charge in [-0.1, -0.05) is 0 Å². The van der Waals surface area contributed by atoms with Crippen molar-refractivity contribution < 1.29 is 19.7 Å². The lowest BCUT2D eigenvalue weighted by Crippen LogP contribution is -2.20. The van der Waals surface area contributed by atoms with E-state index in [4.69, 9.17) is 10.2 Å². The van der Waals surface area contributed by atoms with Crippen LogP contribution in [0.2, 0.25) is 0 Å². The van der Waals surface area contributed by atoms with Crippen LogP contribution in [0.4, 0.5) is 0 Å². The van der Waals surface area contributed by atoms with Crippen LogP contribution in [0.15, 0.2) is 24.0 Å². The minimum Gasteiger partial charge on any atom is -0.424 e. The second-order valence-corrected chi connectivity index (χ2v) is 2.55. The molecule has 0 aromatic carbocycles. The zero-order valence-corrected chi connectivity index (χ0v) is 6.60. The second-order valence-electron chi connectivity index (χ2n) is 2.55. The van der Waals surface area contributed by atoms with Crippen LogP contribution in [0.5, 0.6) is 0 Å². The smallest absolute Gasteiger partial charge is 0.336 e. The van der Waals surface area contributed by atoms with Crippen molar-refractivity contribution in [2.45, 2.75) is 19.1 Å². The highest BCUT2D eigenvalue weighted by molar-refractivity contribution is 5.86. The van der Waals surface area contributed by atoms with E-state index in [1.54, 1.807) is 0 Å². The third-order valence-electron chi connectivity index (χ3n) is 1.43. The van der Waals surface area contributed by atoms with Crippen molar-refractivity contribution >= 4 is 5.97 Å². The normalized spacial score (nSPS) is 24.2. The highest BCUT2D eigenvalue weighted by Gasteiger charge is 2.13. The second kappa shape index (κ2) is 3.51. The summed E-state index contributed by atoms with van der Waals surface area (Å²) in [6.07, 6.45) is 2.10. The first-order chi connectivity index (χ1) is 5.59. The molecule has 1 aliphatic rings. The summed E-state index contributed by atoms with van der Waals surface area (Å²) in [7, 11) is 0. The number of hydrogen-bond acceptors (Lipinski definition) is 4. The predicted octanol–water partition coefficient (Wildman–Crippen LogP) is -0.275. The molecular formula is C8H10O4. The number of rotatable bonds is 2. The Labute approximate surface area is 69.8 Å². The number of ether oxygens (including phenoxy) is 1. The van der Waals surface area contributed by atoms with E-state index in [0.29, 0.717) is 0 Å². The van der Waals surface area contributed by atoms with E-state index in [-0.39, 0.29) is 5.76 Å². The SMILES string of the molecule is CC(O)C(O)C=C1C=CC(=O)O1. The van der Waals surface area contributed by atoms with Crippen LogP contribution in [0.1, 0.15) is 6.92 Å². The third-order valence-corrected chi connectivity index (χ3v) is 1.43. The number of allylic oxidation sites excluding steroid dienone is 1. The molecule has 1 rings (SSSR count). The van der Waals surface area contributed by atoms with Crippen LogP contribution < -0.4 is 0 Å². The van der Waals surface area contributed by atoms with Crippen molar-refractivity contribution in [3.63, 3.8) is 0 Å². The first kappa shape index (κ1) is 8.96. The molecule has 4 nitrogen and oxygen atoms in total. The van der Waals surface area contributed by atoms with Crippen LogP contribution >= 0.6 is 0 Å². The Balaban J connectivity index is 2.59. The predicted molar refractivity (Wildman–Crippen MR) is 41.0 cm³/mol. The monoisotopic (exact) mass is 170 g/mol. The van der Waals surface area contributed by atoms with Crippen LogP contribution in [0.25, 0.3) is 0 Å². The van der Waals surface area contributed by atoms with Crippen LogP contribution in [0, 0.1) is 0 Å². The average molecular weight is 170 g/mol. The zero-order valence-electron chi connectivity index (χ0n) is 6.60. The lowest BCUT2D eigenvalue weighted by atomic mass is 10.2. The number of aliphatic hydroxyl groups is 2. The molecule has 0 aromatic rings. The molecular weight excluding hydrogens is 160 g/mol. The van der Waals surface area contributed by atoms with Gasteiger partial charge in [0.25, 0.3) is 0 Å². The van der Waals surface area contributed by atoms with Gasteiger partial charge in [-0.25, -0.2) is 4.79 Å². The molecule has 12 heavy (non-hydrogen) atoms. The molecule has 0 aromatic heterocycles. The van der Waals surface area contributed by atoms with E-state index in [0.717, 1.165) is 0 Å². The number of carbonyl (C=O) groups is 1. The largest absolute Gasteiger partial charge is 0.424 e. The van der Waals surface area contributed by atoms with E-state index >= 15 is 0 Å². The van der Waals surface area contributed by atoms with Crippen molar-refractivity contribution in [1.29, 1.82) is 0 Å². The molecule has 0 saturated heterocycles. The van der Waals surface area contributed by atoms with Crippen LogP contribution in [-0.4, -0.2) is 28.4 Å². The molecule has 66 valence electrons. The van der Waals surface area contributed by atoms with E-state index in [1.807, 2.05) is 0 Å². The fraction of sp³-hybridized carbons (Fsp3) is 0.375. The maximum absolute atomic E-state index is 10.5. The molecule has 0 saturated carbocycles. The molecule has 2 N–H and O–H groups in total. The quantitative estimate of drug-likeness (QED) is 0.559. The van der Waals surface area contributed by atoms with Crippen LogP contribution in [0.3, 0.4) is 0 Å². The number of carbonyl (C=O) groups excluding carboxylic acids is 1. The molecule has 0 radical (unpaired) electrons. The van der Waals surface area contributed by atoms with Gasteiger partial charge in [0, 0.05) is 6.08 Å².